The van der Waals surface area contributed by atoms with E-state index in [4.69, 9.17) is 0 Å². The van der Waals surface area contributed by atoms with Crippen LogP contribution in [0.5, 0.6) is 0 Å². The minimum absolute atomic E-state index is 0.0750. The summed E-state index contributed by atoms with van der Waals surface area (Å²) in [5.41, 5.74) is 2.11. The molecule has 0 aliphatic heterocycles. The molecule has 1 aliphatic carbocycles. The molecule has 1 heterocycles. The summed E-state index contributed by atoms with van der Waals surface area (Å²) in [6.45, 7) is 5.92. The molecular weight excluding hydrogens is 324 g/mol. The Morgan fingerprint density at radius 3 is 2.58 bits per heavy atom. The molecule has 1 aliphatic rings. The molecule has 1 fully saturated rings. The summed E-state index contributed by atoms with van der Waals surface area (Å²) in [5.74, 6) is 0.778. The summed E-state index contributed by atoms with van der Waals surface area (Å²) >= 11 is 0. The highest BCUT2D eigenvalue weighted by atomic mass is 16.1. The van der Waals surface area contributed by atoms with Crippen molar-refractivity contribution in [1.29, 1.82) is 0 Å². The van der Waals surface area contributed by atoms with E-state index in [9.17, 15) is 4.79 Å². The Kier molecular flexibility index (Phi) is 5.55. The number of amides is 1. The van der Waals surface area contributed by atoms with Gasteiger partial charge in [-0.05, 0) is 45.7 Å². The lowest BCUT2D eigenvalue weighted by Crippen LogP contribution is -2.40. The van der Waals surface area contributed by atoms with E-state index in [2.05, 4.69) is 20.6 Å². The van der Waals surface area contributed by atoms with E-state index in [1.54, 1.807) is 6.33 Å². The Balaban J connectivity index is 1.77. The first-order chi connectivity index (χ1) is 12.4. The number of hydrogen-bond donors (Lipinski definition) is 2. The SMILES string of the molecule is CC(C)(C)NC(=O)c1cccc(-c2cc(NC3CCCCC3)ncn2)c1. The molecule has 0 bridgehead atoms. The second kappa shape index (κ2) is 7.85. The van der Waals surface area contributed by atoms with Gasteiger partial charge >= 0.3 is 0 Å². The number of nitrogens with zero attached hydrogens (tertiary/aromatic N) is 2. The van der Waals surface area contributed by atoms with Gasteiger partial charge in [0.1, 0.15) is 12.1 Å². The molecule has 1 aromatic heterocycles. The van der Waals surface area contributed by atoms with Crippen LogP contribution in [0.3, 0.4) is 0 Å². The molecule has 2 N–H and O–H groups in total. The van der Waals surface area contributed by atoms with Gasteiger partial charge in [-0.1, -0.05) is 31.4 Å². The number of hydrogen-bond acceptors (Lipinski definition) is 4. The maximum absolute atomic E-state index is 12.4. The molecule has 0 radical (unpaired) electrons. The topological polar surface area (TPSA) is 66.9 Å². The van der Waals surface area contributed by atoms with Gasteiger partial charge in [-0.2, -0.15) is 0 Å². The Morgan fingerprint density at radius 1 is 1.08 bits per heavy atom. The molecule has 138 valence electrons. The largest absolute Gasteiger partial charge is 0.367 e. The van der Waals surface area contributed by atoms with E-state index < -0.39 is 0 Å². The second-order valence-electron chi connectivity index (χ2n) is 8.05. The van der Waals surface area contributed by atoms with Crippen molar-refractivity contribution >= 4 is 11.7 Å². The fraction of sp³-hybridized carbons (Fsp3) is 0.476. The van der Waals surface area contributed by atoms with Gasteiger partial charge in [0.25, 0.3) is 5.91 Å². The quantitative estimate of drug-likeness (QED) is 0.855. The lowest BCUT2D eigenvalue weighted by atomic mass is 9.95. The van der Waals surface area contributed by atoms with Crippen LogP contribution < -0.4 is 10.6 Å². The van der Waals surface area contributed by atoms with Crippen molar-refractivity contribution in [3.8, 4) is 11.3 Å². The number of aromatic nitrogens is 2. The number of nitrogens with one attached hydrogen (secondary N) is 2. The van der Waals surface area contributed by atoms with Crippen LogP contribution in [0.2, 0.25) is 0 Å². The van der Waals surface area contributed by atoms with Gasteiger partial charge in [0, 0.05) is 28.8 Å². The van der Waals surface area contributed by atoms with Crippen molar-refractivity contribution in [3.05, 3.63) is 42.2 Å². The van der Waals surface area contributed by atoms with E-state index in [0.717, 1.165) is 17.1 Å². The van der Waals surface area contributed by atoms with Crippen molar-refractivity contribution in [2.75, 3.05) is 5.32 Å². The Hall–Kier alpha value is -2.43. The molecule has 0 atom stereocenters. The third kappa shape index (κ3) is 5.04. The van der Waals surface area contributed by atoms with E-state index in [1.807, 2.05) is 51.1 Å². The monoisotopic (exact) mass is 352 g/mol. The zero-order valence-electron chi connectivity index (χ0n) is 15.9. The predicted molar refractivity (Wildman–Crippen MR) is 105 cm³/mol. The van der Waals surface area contributed by atoms with Crippen LogP contribution in [-0.2, 0) is 0 Å². The van der Waals surface area contributed by atoms with Crippen molar-refractivity contribution in [2.45, 2.75) is 64.5 Å². The minimum Gasteiger partial charge on any atom is -0.367 e. The first kappa shape index (κ1) is 18.4. The van der Waals surface area contributed by atoms with Gasteiger partial charge in [0.05, 0.1) is 5.69 Å². The highest BCUT2D eigenvalue weighted by Gasteiger charge is 2.16. The first-order valence-corrected chi connectivity index (χ1v) is 9.42. The molecule has 3 rings (SSSR count). The molecule has 0 spiro atoms. The van der Waals surface area contributed by atoms with Crippen LogP contribution >= 0.6 is 0 Å². The fourth-order valence-corrected chi connectivity index (χ4v) is 3.28. The minimum atomic E-state index is -0.265. The maximum atomic E-state index is 12.4. The Labute approximate surface area is 155 Å². The molecule has 0 unspecified atom stereocenters. The normalized spacial score (nSPS) is 15.5. The summed E-state index contributed by atoms with van der Waals surface area (Å²) in [6, 6.07) is 10.0. The average molecular weight is 352 g/mol. The number of carbonyl (C=O) groups excluding carboxylic acids is 1. The predicted octanol–water partition coefficient (Wildman–Crippen LogP) is 4.42. The number of anilines is 1. The molecule has 26 heavy (non-hydrogen) atoms. The highest BCUT2D eigenvalue weighted by Crippen LogP contribution is 2.24. The van der Waals surface area contributed by atoms with Gasteiger partial charge in [-0.25, -0.2) is 9.97 Å². The Bertz CT molecular complexity index is 761. The smallest absolute Gasteiger partial charge is 0.251 e. The zero-order chi connectivity index (χ0) is 18.6. The molecular formula is C21H28N4O. The van der Waals surface area contributed by atoms with E-state index >= 15 is 0 Å². The van der Waals surface area contributed by atoms with Crippen molar-refractivity contribution < 1.29 is 4.79 Å². The summed E-state index contributed by atoms with van der Waals surface area (Å²) in [7, 11) is 0. The van der Waals surface area contributed by atoms with Gasteiger partial charge in [0.15, 0.2) is 0 Å². The van der Waals surface area contributed by atoms with Crippen LogP contribution in [0, 0.1) is 0 Å². The van der Waals surface area contributed by atoms with Crippen molar-refractivity contribution in [1.82, 2.24) is 15.3 Å². The first-order valence-electron chi connectivity index (χ1n) is 9.42. The van der Waals surface area contributed by atoms with Crippen LogP contribution in [-0.4, -0.2) is 27.5 Å². The lowest BCUT2D eigenvalue weighted by Gasteiger charge is -2.23. The number of carbonyl (C=O) groups is 1. The fourth-order valence-electron chi connectivity index (χ4n) is 3.28. The summed E-state index contributed by atoms with van der Waals surface area (Å²) < 4.78 is 0. The van der Waals surface area contributed by atoms with Gasteiger partial charge in [0.2, 0.25) is 0 Å². The van der Waals surface area contributed by atoms with E-state index in [0.29, 0.717) is 11.6 Å². The highest BCUT2D eigenvalue weighted by molar-refractivity contribution is 5.95. The van der Waals surface area contributed by atoms with Crippen molar-refractivity contribution in [3.63, 3.8) is 0 Å². The van der Waals surface area contributed by atoms with Gasteiger partial charge < -0.3 is 10.6 Å². The van der Waals surface area contributed by atoms with Crippen molar-refractivity contribution in [2.24, 2.45) is 0 Å². The number of benzene rings is 1. The summed E-state index contributed by atoms with van der Waals surface area (Å²) in [6.07, 6.45) is 7.86. The summed E-state index contributed by atoms with van der Waals surface area (Å²) in [4.78, 5) is 21.2. The van der Waals surface area contributed by atoms with Crippen LogP contribution in [0.25, 0.3) is 11.3 Å². The van der Waals surface area contributed by atoms with E-state index in [-0.39, 0.29) is 11.4 Å². The van der Waals surface area contributed by atoms with Crippen LogP contribution in [0.1, 0.15) is 63.2 Å². The summed E-state index contributed by atoms with van der Waals surface area (Å²) in [5, 5.41) is 6.52. The van der Waals surface area contributed by atoms with E-state index in [1.165, 1.54) is 32.1 Å². The third-order valence-corrected chi connectivity index (χ3v) is 4.53. The lowest BCUT2D eigenvalue weighted by molar-refractivity contribution is 0.0919. The number of rotatable bonds is 4. The molecule has 1 saturated carbocycles. The molecule has 5 heteroatoms. The molecule has 5 nitrogen and oxygen atoms in total. The third-order valence-electron chi connectivity index (χ3n) is 4.53. The second-order valence-corrected chi connectivity index (χ2v) is 8.05. The maximum Gasteiger partial charge on any atom is 0.251 e. The standard InChI is InChI=1S/C21H28N4O/c1-21(2,3)25-20(26)16-9-7-8-15(12-16)18-13-19(23-14-22-18)24-17-10-5-4-6-11-17/h7-9,12-14,17H,4-6,10-11H2,1-3H3,(H,25,26)(H,22,23,24). The zero-order valence-corrected chi connectivity index (χ0v) is 15.9. The van der Waals surface area contributed by atoms with Crippen LogP contribution in [0.15, 0.2) is 36.7 Å². The van der Waals surface area contributed by atoms with Gasteiger partial charge in [-0.3, -0.25) is 4.79 Å². The average Bonchev–Trinajstić information content (AvgIpc) is 2.61. The van der Waals surface area contributed by atoms with Crippen LogP contribution in [0.4, 0.5) is 5.82 Å². The van der Waals surface area contributed by atoms with Gasteiger partial charge in [-0.15, -0.1) is 0 Å². The molecule has 2 aromatic rings. The Morgan fingerprint density at radius 2 is 1.85 bits per heavy atom. The molecule has 0 saturated heterocycles. The molecule has 1 aromatic carbocycles. The molecule has 1 amide bonds.